The predicted molar refractivity (Wildman–Crippen MR) is 64.1 cm³/mol. The van der Waals surface area contributed by atoms with Crippen molar-refractivity contribution >= 4 is 17.7 Å². The maximum absolute atomic E-state index is 11.6. The van der Waals surface area contributed by atoms with Gasteiger partial charge in [-0.2, -0.15) is 0 Å². The smallest absolute Gasteiger partial charge is 0.242 e. The summed E-state index contributed by atoms with van der Waals surface area (Å²) in [4.78, 5) is 34.0. The zero-order valence-corrected chi connectivity index (χ0v) is 11.0. The van der Waals surface area contributed by atoms with E-state index in [1.165, 1.54) is 7.05 Å². The van der Waals surface area contributed by atoms with Crippen LogP contribution in [0.3, 0.4) is 0 Å². The summed E-state index contributed by atoms with van der Waals surface area (Å²) in [5, 5.41) is 7.39. The summed E-state index contributed by atoms with van der Waals surface area (Å²) in [7, 11) is 1.49. The highest BCUT2D eigenvalue weighted by molar-refractivity contribution is 5.91. The van der Waals surface area contributed by atoms with E-state index >= 15 is 0 Å². The first-order valence-electron chi connectivity index (χ1n) is 5.47. The molecule has 0 radical (unpaired) electrons. The van der Waals surface area contributed by atoms with E-state index in [2.05, 4.69) is 16.0 Å². The van der Waals surface area contributed by atoms with Crippen LogP contribution in [0.5, 0.6) is 0 Å². The molecule has 0 heterocycles. The lowest BCUT2D eigenvalue weighted by molar-refractivity contribution is -0.133. The van der Waals surface area contributed by atoms with Gasteiger partial charge in [0.15, 0.2) is 0 Å². The largest absolute Gasteiger partial charge is 0.358 e. The number of carbonyl (C=O) groups is 3. The lowest BCUT2D eigenvalue weighted by atomic mass is 9.95. The normalized spacial score (nSPS) is 12.5. The monoisotopic (exact) mass is 243 g/mol. The van der Waals surface area contributed by atoms with Crippen molar-refractivity contribution in [3.8, 4) is 0 Å². The first-order chi connectivity index (χ1) is 7.68. The molecule has 1 unspecified atom stereocenters. The van der Waals surface area contributed by atoms with Gasteiger partial charge in [0, 0.05) is 12.5 Å². The average Bonchev–Trinajstić information content (AvgIpc) is 2.23. The van der Waals surface area contributed by atoms with Crippen LogP contribution in [0.1, 0.15) is 27.7 Å². The van der Waals surface area contributed by atoms with Gasteiger partial charge in [0.2, 0.25) is 17.7 Å². The molecule has 98 valence electrons. The van der Waals surface area contributed by atoms with Crippen molar-refractivity contribution < 1.29 is 14.4 Å². The molecule has 1 atom stereocenters. The Labute approximate surface area is 102 Å². The zero-order chi connectivity index (χ0) is 13.6. The van der Waals surface area contributed by atoms with Crippen LogP contribution in [0.2, 0.25) is 0 Å². The standard InChI is InChI=1S/C11H21N3O3/c1-7(14-10(17)11(2,3)4)9(16)13-6-8(15)12-5/h7H,6H2,1-5H3,(H,12,15)(H,13,16)(H,14,17). The lowest BCUT2D eigenvalue weighted by Gasteiger charge is -2.21. The number of nitrogens with one attached hydrogen (secondary N) is 3. The maximum Gasteiger partial charge on any atom is 0.242 e. The Bertz CT molecular complexity index is 308. The van der Waals surface area contributed by atoms with Gasteiger partial charge in [-0.3, -0.25) is 14.4 Å². The van der Waals surface area contributed by atoms with Gasteiger partial charge in [-0.05, 0) is 6.92 Å². The number of amides is 3. The van der Waals surface area contributed by atoms with Gasteiger partial charge in [-0.1, -0.05) is 20.8 Å². The summed E-state index contributed by atoms with van der Waals surface area (Å²) in [6.07, 6.45) is 0. The Morgan fingerprint density at radius 2 is 1.71 bits per heavy atom. The molecule has 0 aromatic rings. The van der Waals surface area contributed by atoms with E-state index in [0.717, 1.165) is 0 Å². The molecule has 0 aliphatic heterocycles. The highest BCUT2D eigenvalue weighted by Crippen LogP contribution is 2.12. The van der Waals surface area contributed by atoms with Gasteiger partial charge in [-0.25, -0.2) is 0 Å². The van der Waals surface area contributed by atoms with Crippen LogP contribution in [-0.4, -0.2) is 37.4 Å². The van der Waals surface area contributed by atoms with Crippen molar-refractivity contribution in [3.05, 3.63) is 0 Å². The Morgan fingerprint density at radius 1 is 1.18 bits per heavy atom. The molecule has 0 fully saturated rings. The molecule has 0 aliphatic carbocycles. The number of carbonyl (C=O) groups excluding carboxylic acids is 3. The molecule has 6 heteroatoms. The summed E-state index contributed by atoms with van der Waals surface area (Å²) in [5.74, 6) is -0.876. The van der Waals surface area contributed by atoms with Crippen molar-refractivity contribution in [2.45, 2.75) is 33.7 Å². The Morgan fingerprint density at radius 3 is 2.12 bits per heavy atom. The molecule has 0 aromatic carbocycles. The van der Waals surface area contributed by atoms with Crippen molar-refractivity contribution in [1.82, 2.24) is 16.0 Å². The van der Waals surface area contributed by atoms with Gasteiger partial charge in [-0.15, -0.1) is 0 Å². The number of likely N-dealkylation sites (N-methyl/N-ethyl adjacent to an activating group) is 1. The summed E-state index contributed by atoms with van der Waals surface area (Å²) in [6, 6.07) is -0.661. The molecule has 0 spiro atoms. The second-order valence-electron chi connectivity index (χ2n) is 4.84. The fourth-order valence-corrected chi connectivity index (χ4v) is 0.888. The molecule has 0 aromatic heterocycles. The second-order valence-corrected chi connectivity index (χ2v) is 4.84. The third-order valence-electron chi connectivity index (χ3n) is 2.12. The lowest BCUT2D eigenvalue weighted by Crippen LogP contribution is -2.49. The van der Waals surface area contributed by atoms with Crippen molar-refractivity contribution in [3.63, 3.8) is 0 Å². The summed E-state index contributed by atoms with van der Waals surface area (Å²) < 4.78 is 0. The quantitative estimate of drug-likeness (QED) is 0.616. The van der Waals surface area contributed by atoms with Crippen LogP contribution in [0, 0.1) is 5.41 Å². The van der Waals surface area contributed by atoms with Gasteiger partial charge in [0.05, 0.1) is 6.54 Å². The first-order valence-corrected chi connectivity index (χ1v) is 5.47. The first kappa shape index (κ1) is 15.4. The molecule has 6 nitrogen and oxygen atoms in total. The fraction of sp³-hybridized carbons (Fsp3) is 0.727. The highest BCUT2D eigenvalue weighted by Gasteiger charge is 2.24. The van der Waals surface area contributed by atoms with E-state index in [1.54, 1.807) is 27.7 Å². The third kappa shape index (κ3) is 5.89. The van der Waals surface area contributed by atoms with E-state index in [0.29, 0.717) is 0 Å². The van der Waals surface area contributed by atoms with Gasteiger partial charge in [0.1, 0.15) is 6.04 Å². The summed E-state index contributed by atoms with van der Waals surface area (Å²) >= 11 is 0. The Kier molecular flexibility index (Phi) is 5.64. The molecule has 0 bridgehead atoms. The van der Waals surface area contributed by atoms with Crippen molar-refractivity contribution in [1.29, 1.82) is 0 Å². The van der Waals surface area contributed by atoms with Gasteiger partial charge < -0.3 is 16.0 Å². The van der Waals surface area contributed by atoms with Crippen LogP contribution < -0.4 is 16.0 Å². The van der Waals surface area contributed by atoms with Gasteiger partial charge in [0.25, 0.3) is 0 Å². The minimum atomic E-state index is -0.661. The molecule has 0 rings (SSSR count). The third-order valence-corrected chi connectivity index (χ3v) is 2.12. The summed E-state index contributed by atoms with van der Waals surface area (Å²) in [5.41, 5.74) is -0.546. The molecule has 0 saturated carbocycles. The molecular formula is C11H21N3O3. The topological polar surface area (TPSA) is 87.3 Å². The molecular weight excluding hydrogens is 222 g/mol. The molecule has 3 amide bonds. The molecule has 0 saturated heterocycles. The van der Waals surface area contributed by atoms with Crippen LogP contribution in [-0.2, 0) is 14.4 Å². The predicted octanol–water partition coefficient (Wildman–Crippen LogP) is -0.601. The van der Waals surface area contributed by atoms with E-state index < -0.39 is 11.5 Å². The molecule has 17 heavy (non-hydrogen) atoms. The minimum absolute atomic E-state index is 0.0922. The van der Waals surface area contributed by atoms with Crippen molar-refractivity contribution in [2.75, 3.05) is 13.6 Å². The molecule has 0 aliphatic rings. The SMILES string of the molecule is CNC(=O)CNC(=O)C(C)NC(=O)C(C)(C)C. The minimum Gasteiger partial charge on any atom is -0.358 e. The fourth-order valence-electron chi connectivity index (χ4n) is 0.888. The van der Waals surface area contributed by atoms with E-state index in [-0.39, 0.29) is 24.3 Å². The van der Waals surface area contributed by atoms with Gasteiger partial charge >= 0.3 is 0 Å². The van der Waals surface area contributed by atoms with Crippen LogP contribution in [0.15, 0.2) is 0 Å². The summed E-state index contributed by atoms with van der Waals surface area (Å²) in [6.45, 7) is 6.76. The van der Waals surface area contributed by atoms with E-state index in [4.69, 9.17) is 0 Å². The Hall–Kier alpha value is -1.59. The van der Waals surface area contributed by atoms with Crippen LogP contribution in [0.4, 0.5) is 0 Å². The highest BCUT2D eigenvalue weighted by atomic mass is 16.2. The van der Waals surface area contributed by atoms with Crippen molar-refractivity contribution in [2.24, 2.45) is 5.41 Å². The second kappa shape index (κ2) is 6.22. The number of hydrogen-bond donors (Lipinski definition) is 3. The van der Waals surface area contributed by atoms with E-state index in [1.807, 2.05) is 0 Å². The number of rotatable bonds is 4. The number of hydrogen-bond acceptors (Lipinski definition) is 3. The Balaban J connectivity index is 4.15. The van der Waals surface area contributed by atoms with Crippen LogP contribution >= 0.6 is 0 Å². The zero-order valence-electron chi connectivity index (χ0n) is 11.0. The van der Waals surface area contributed by atoms with E-state index in [9.17, 15) is 14.4 Å². The maximum atomic E-state index is 11.6. The molecule has 3 N–H and O–H groups in total. The average molecular weight is 243 g/mol. The van der Waals surface area contributed by atoms with Crippen LogP contribution in [0.25, 0.3) is 0 Å².